The van der Waals surface area contributed by atoms with Crippen LogP contribution < -0.4 is 5.73 Å². The molecule has 4 heterocycles. The van der Waals surface area contributed by atoms with E-state index in [-0.39, 0.29) is 28.7 Å². The molecule has 0 atom stereocenters. The zero-order valence-corrected chi connectivity index (χ0v) is 17.4. The molecule has 0 saturated heterocycles. The van der Waals surface area contributed by atoms with E-state index in [0.717, 1.165) is 12.3 Å². The van der Waals surface area contributed by atoms with Crippen molar-refractivity contribution in [2.45, 2.75) is 12.4 Å². The Morgan fingerprint density at radius 1 is 0.861 bits per heavy atom. The third-order valence-electron chi connectivity index (χ3n) is 5.03. The molecular weight excluding hydrogens is 499 g/mol. The van der Waals surface area contributed by atoms with Gasteiger partial charge in [0.1, 0.15) is 17.2 Å². The van der Waals surface area contributed by atoms with Gasteiger partial charge < -0.3 is 10.3 Å². The number of nitrogens with two attached hydrogens (primary N) is 1. The van der Waals surface area contributed by atoms with E-state index in [1.807, 2.05) is 0 Å². The van der Waals surface area contributed by atoms with Crippen molar-refractivity contribution in [3.8, 4) is 34.1 Å². The fraction of sp³-hybridized carbons (Fsp3) is 0.0952. The van der Waals surface area contributed by atoms with Gasteiger partial charge in [-0.25, -0.2) is 18.9 Å². The summed E-state index contributed by atoms with van der Waals surface area (Å²) in [5.74, 6) is -1.62. The lowest BCUT2D eigenvalue weighted by Gasteiger charge is -2.12. The van der Waals surface area contributed by atoms with E-state index in [9.17, 15) is 30.7 Å². The summed E-state index contributed by atoms with van der Waals surface area (Å²) >= 11 is 0. The number of anilines is 1. The number of nitrogens with zero attached hydrogens (tertiary/aromatic N) is 6. The first-order valence-corrected chi connectivity index (χ1v) is 9.81. The first-order chi connectivity index (χ1) is 16.9. The van der Waals surface area contributed by atoms with Crippen LogP contribution in [0.4, 0.5) is 36.6 Å². The summed E-state index contributed by atoms with van der Waals surface area (Å²) in [5.41, 5.74) is 1.79. The number of aromatic nitrogens is 6. The summed E-state index contributed by atoms with van der Waals surface area (Å²) in [6.45, 7) is 0. The van der Waals surface area contributed by atoms with E-state index >= 15 is 0 Å². The number of rotatable bonds is 3. The summed E-state index contributed by atoms with van der Waals surface area (Å²) < 4.78 is 99.9. The van der Waals surface area contributed by atoms with Crippen molar-refractivity contribution in [3.63, 3.8) is 0 Å². The van der Waals surface area contributed by atoms with Crippen molar-refractivity contribution in [2.24, 2.45) is 0 Å². The number of hydrogen-bond acceptors (Lipinski definition) is 7. The predicted octanol–water partition coefficient (Wildman–Crippen LogP) is 5.27. The van der Waals surface area contributed by atoms with Crippen LogP contribution in [0.5, 0.6) is 0 Å². The second-order valence-electron chi connectivity index (χ2n) is 7.41. The van der Waals surface area contributed by atoms with Gasteiger partial charge in [0.2, 0.25) is 5.82 Å². The number of benzene rings is 1. The highest BCUT2D eigenvalue weighted by atomic mass is 19.4. The van der Waals surface area contributed by atoms with Gasteiger partial charge in [-0.15, -0.1) is 0 Å². The Labute approximate surface area is 195 Å². The average Bonchev–Trinajstić information content (AvgIpc) is 3.44. The maximum Gasteiger partial charge on any atom is 0.433 e. The summed E-state index contributed by atoms with van der Waals surface area (Å²) in [7, 11) is 0. The molecule has 5 aromatic rings. The molecule has 0 unspecified atom stereocenters. The molecule has 15 heteroatoms. The van der Waals surface area contributed by atoms with Crippen LogP contribution in [-0.2, 0) is 12.4 Å². The van der Waals surface area contributed by atoms with Crippen LogP contribution in [0.3, 0.4) is 0 Å². The quantitative estimate of drug-likeness (QED) is 0.330. The van der Waals surface area contributed by atoms with Crippen LogP contribution in [0, 0.1) is 5.82 Å². The van der Waals surface area contributed by atoms with Gasteiger partial charge in [0, 0.05) is 17.3 Å². The van der Waals surface area contributed by atoms with E-state index in [0.29, 0.717) is 28.3 Å². The van der Waals surface area contributed by atoms with Crippen LogP contribution in [0.1, 0.15) is 11.3 Å². The van der Waals surface area contributed by atoms with Gasteiger partial charge in [0.25, 0.3) is 5.89 Å². The fourth-order valence-corrected chi connectivity index (χ4v) is 3.36. The zero-order valence-electron chi connectivity index (χ0n) is 17.4. The van der Waals surface area contributed by atoms with Crippen molar-refractivity contribution in [3.05, 3.63) is 65.9 Å². The highest BCUT2D eigenvalue weighted by Crippen LogP contribution is 2.37. The maximum atomic E-state index is 14.1. The minimum atomic E-state index is -4.98. The van der Waals surface area contributed by atoms with Gasteiger partial charge >= 0.3 is 12.4 Å². The van der Waals surface area contributed by atoms with Crippen LogP contribution in [0.25, 0.3) is 39.7 Å². The van der Waals surface area contributed by atoms with Crippen molar-refractivity contribution < 1.29 is 35.3 Å². The first kappa shape index (κ1) is 23.2. The molecule has 0 spiro atoms. The summed E-state index contributed by atoms with van der Waals surface area (Å²) in [5, 5.41) is 7.47. The molecule has 0 amide bonds. The second kappa shape index (κ2) is 8.00. The molecule has 0 aliphatic carbocycles. The standard InChI is InChI=1S/C21H10F7N7O/c22-13-5-9(1-3-12(13)20(23,24)25)14-6-15(21(26,27)28)35-18(32-14)11(8-31-35)19-33-17(34-36-19)10-2-4-16(29)30-7-10/h1-8H,(H2,29,30). The fourth-order valence-electron chi connectivity index (χ4n) is 3.36. The summed E-state index contributed by atoms with van der Waals surface area (Å²) in [6, 6.07) is 5.27. The Hall–Kier alpha value is -4.56. The molecule has 0 fully saturated rings. The number of halogens is 7. The number of nitrogen functional groups attached to an aromatic ring is 1. The molecule has 0 radical (unpaired) electrons. The lowest BCUT2D eigenvalue weighted by Crippen LogP contribution is -2.14. The number of hydrogen-bond donors (Lipinski definition) is 1. The minimum Gasteiger partial charge on any atom is -0.384 e. The normalized spacial score (nSPS) is 12.4. The topological polar surface area (TPSA) is 108 Å². The molecule has 0 saturated carbocycles. The third-order valence-corrected chi connectivity index (χ3v) is 5.03. The molecule has 0 aliphatic heterocycles. The molecule has 4 aromatic heterocycles. The van der Waals surface area contributed by atoms with Crippen molar-refractivity contribution in [1.29, 1.82) is 0 Å². The Morgan fingerprint density at radius 3 is 2.25 bits per heavy atom. The molecule has 0 bridgehead atoms. The minimum absolute atomic E-state index is 0.0499. The van der Waals surface area contributed by atoms with Crippen molar-refractivity contribution in [2.75, 3.05) is 5.73 Å². The van der Waals surface area contributed by atoms with Crippen LogP contribution >= 0.6 is 0 Å². The Balaban J connectivity index is 1.66. The molecule has 0 aliphatic rings. The highest BCUT2D eigenvalue weighted by molar-refractivity contribution is 5.75. The molecule has 8 nitrogen and oxygen atoms in total. The van der Waals surface area contributed by atoms with E-state index in [1.165, 1.54) is 12.3 Å². The second-order valence-corrected chi connectivity index (χ2v) is 7.41. The molecule has 2 N–H and O–H groups in total. The number of pyridine rings is 1. The van der Waals surface area contributed by atoms with Gasteiger partial charge in [-0.05, 0) is 30.3 Å². The molecule has 184 valence electrons. The van der Waals surface area contributed by atoms with E-state index in [1.54, 1.807) is 6.07 Å². The Bertz CT molecular complexity index is 1590. The largest absolute Gasteiger partial charge is 0.433 e. The Morgan fingerprint density at radius 2 is 1.61 bits per heavy atom. The van der Waals surface area contributed by atoms with Crippen LogP contribution in [-0.4, -0.2) is 29.7 Å². The van der Waals surface area contributed by atoms with Gasteiger partial charge in [0.15, 0.2) is 11.3 Å². The zero-order chi connectivity index (χ0) is 25.8. The van der Waals surface area contributed by atoms with Gasteiger partial charge in [-0.2, -0.15) is 36.4 Å². The van der Waals surface area contributed by atoms with Crippen LogP contribution in [0.15, 0.2) is 53.3 Å². The monoisotopic (exact) mass is 509 g/mol. The highest BCUT2D eigenvalue weighted by Gasteiger charge is 2.37. The van der Waals surface area contributed by atoms with Crippen LogP contribution in [0.2, 0.25) is 0 Å². The lowest BCUT2D eigenvalue weighted by molar-refractivity contribution is -0.142. The molecule has 1 aromatic carbocycles. The van der Waals surface area contributed by atoms with Crippen molar-refractivity contribution in [1.82, 2.24) is 29.7 Å². The van der Waals surface area contributed by atoms with E-state index < -0.39 is 40.8 Å². The predicted molar refractivity (Wildman–Crippen MR) is 109 cm³/mol. The van der Waals surface area contributed by atoms with E-state index in [2.05, 4.69) is 25.2 Å². The smallest absolute Gasteiger partial charge is 0.384 e. The number of alkyl halides is 6. The third kappa shape index (κ3) is 4.08. The average molecular weight is 509 g/mol. The summed E-state index contributed by atoms with van der Waals surface area (Å²) in [4.78, 5) is 12.1. The molecular formula is C21H10F7N7O. The lowest BCUT2D eigenvalue weighted by atomic mass is 10.1. The molecule has 5 rings (SSSR count). The van der Waals surface area contributed by atoms with Gasteiger partial charge in [-0.3, -0.25) is 0 Å². The van der Waals surface area contributed by atoms with Gasteiger partial charge in [0.05, 0.1) is 17.5 Å². The van der Waals surface area contributed by atoms with Crippen molar-refractivity contribution >= 4 is 11.5 Å². The first-order valence-electron chi connectivity index (χ1n) is 9.81. The maximum absolute atomic E-state index is 14.1. The van der Waals surface area contributed by atoms with Gasteiger partial charge in [-0.1, -0.05) is 11.2 Å². The summed E-state index contributed by atoms with van der Waals surface area (Å²) in [6.07, 6.45) is -7.56. The Kier molecular flexibility index (Phi) is 5.15. The SMILES string of the molecule is Nc1ccc(-c2noc(-c3cnn4c(C(F)(F)F)cc(-c5ccc(C(F)(F)F)c(F)c5)nc34)n2)cn1. The number of fused-ring (bicyclic) bond motifs is 1. The van der Waals surface area contributed by atoms with E-state index in [4.69, 9.17) is 10.3 Å². The molecule has 36 heavy (non-hydrogen) atoms.